The zero-order valence-corrected chi connectivity index (χ0v) is 14.7. The molecule has 1 saturated heterocycles. The maximum atomic E-state index is 12.5. The van der Waals surface area contributed by atoms with Gasteiger partial charge in [0.15, 0.2) is 0 Å². The second-order valence-corrected chi connectivity index (χ2v) is 6.79. The number of likely N-dealkylation sites (tertiary alicyclic amines) is 1. The highest BCUT2D eigenvalue weighted by Gasteiger charge is 2.25. The summed E-state index contributed by atoms with van der Waals surface area (Å²) >= 11 is 0. The lowest BCUT2D eigenvalue weighted by atomic mass is 9.95. The molecule has 1 heterocycles. The van der Waals surface area contributed by atoms with Crippen molar-refractivity contribution in [2.75, 3.05) is 18.4 Å². The number of carbonyl (C=O) groups is 2. The molecule has 1 amide bonds. The standard InChI is InChI=1S/C21H24N2O3/c24-20(25)14-16-6-8-19(9-7-16)22-21(26)18-10-12-23(13-11-18)15-17-4-2-1-3-5-17/h1-9,18H,10-15H2,(H,22,26)(H,24,25). The van der Waals surface area contributed by atoms with E-state index in [1.54, 1.807) is 24.3 Å². The highest BCUT2D eigenvalue weighted by molar-refractivity contribution is 5.92. The third-order valence-electron chi connectivity index (χ3n) is 4.78. The van der Waals surface area contributed by atoms with Gasteiger partial charge in [0.1, 0.15) is 0 Å². The van der Waals surface area contributed by atoms with Crippen LogP contribution in [0.3, 0.4) is 0 Å². The lowest BCUT2D eigenvalue weighted by Gasteiger charge is -2.31. The van der Waals surface area contributed by atoms with Gasteiger partial charge in [-0.3, -0.25) is 14.5 Å². The Balaban J connectivity index is 1.47. The molecular weight excluding hydrogens is 328 g/mol. The number of nitrogens with one attached hydrogen (secondary N) is 1. The number of anilines is 1. The Morgan fingerprint density at radius 2 is 1.62 bits per heavy atom. The van der Waals surface area contributed by atoms with E-state index in [1.807, 2.05) is 6.07 Å². The molecule has 0 atom stereocenters. The van der Waals surface area contributed by atoms with Gasteiger partial charge < -0.3 is 10.4 Å². The summed E-state index contributed by atoms with van der Waals surface area (Å²) in [5.74, 6) is -0.778. The van der Waals surface area contributed by atoms with E-state index in [-0.39, 0.29) is 18.2 Å². The van der Waals surface area contributed by atoms with Crippen LogP contribution in [0.2, 0.25) is 0 Å². The van der Waals surface area contributed by atoms with Gasteiger partial charge in [-0.05, 0) is 49.2 Å². The van der Waals surface area contributed by atoms with E-state index in [0.29, 0.717) is 0 Å². The maximum absolute atomic E-state index is 12.5. The van der Waals surface area contributed by atoms with E-state index in [1.165, 1.54) is 5.56 Å². The number of rotatable bonds is 6. The van der Waals surface area contributed by atoms with Crippen LogP contribution in [-0.4, -0.2) is 35.0 Å². The molecular formula is C21H24N2O3. The number of piperidine rings is 1. The third-order valence-corrected chi connectivity index (χ3v) is 4.78. The normalized spacial score (nSPS) is 15.5. The molecule has 26 heavy (non-hydrogen) atoms. The predicted octanol–water partition coefficient (Wildman–Crippen LogP) is 3.16. The highest BCUT2D eigenvalue weighted by Crippen LogP contribution is 2.21. The second-order valence-electron chi connectivity index (χ2n) is 6.79. The summed E-state index contributed by atoms with van der Waals surface area (Å²) in [5.41, 5.74) is 2.75. The summed E-state index contributed by atoms with van der Waals surface area (Å²) < 4.78 is 0. The van der Waals surface area contributed by atoms with Gasteiger partial charge in [0.2, 0.25) is 5.91 Å². The number of hydrogen-bond acceptors (Lipinski definition) is 3. The number of carboxylic acid groups (broad SMARTS) is 1. The molecule has 2 aromatic carbocycles. The lowest BCUT2D eigenvalue weighted by molar-refractivity contribution is -0.136. The Bertz CT molecular complexity index is 736. The Labute approximate surface area is 153 Å². The molecule has 0 aromatic heterocycles. The minimum Gasteiger partial charge on any atom is -0.481 e. The fraction of sp³-hybridized carbons (Fsp3) is 0.333. The number of carbonyl (C=O) groups excluding carboxylic acids is 1. The van der Waals surface area contributed by atoms with Gasteiger partial charge in [-0.1, -0.05) is 42.5 Å². The van der Waals surface area contributed by atoms with Crippen LogP contribution in [0, 0.1) is 5.92 Å². The zero-order chi connectivity index (χ0) is 18.4. The quantitative estimate of drug-likeness (QED) is 0.838. The smallest absolute Gasteiger partial charge is 0.307 e. The summed E-state index contributed by atoms with van der Waals surface area (Å²) in [6.45, 7) is 2.77. The van der Waals surface area contributed by atoms with Gasteiger partial charge in [0.05, 0.1) is 6.42 Å². The van der Waals surface area contributed by atoms with Crippen LogP contribution in [0.25, 0.3) is 0 Å². The predicted molar refractivity (Wildman–Crippen MR) is 101 cm³/mol. The number of nitrogens with zero attached hydrogens (tertiary/aromatic N) is 1. The van der Waals surface area contributed by atoms with Crippen LogP contribution in [0.5, 0.6) is 0 Å². The van der Waals surface area contributed by atoms with E-state index < -0.39 is 5.97 Å². The minimum atomic E-state index is -0.857. The van der Waals surface area contributed by atoms with Crippen molar-refractivity contribution in [3.05, 3.63) is 65.7 Å². The van der Waals surface area contributed by atoms with Crippen molar-refractivity contribution in [1.29, 1.82) is 0 Å². The van der Waals surface area contributed by atoms with Gasteiger partial charge in [-0.25, -0.2) is 0 Å². The first-order valence-corrected chi connectivity index (χ1v) is 8.98. The van der Waals surface area contributed by atoms with Crippen LogP contribution in [-0.2, 0) is 22.6 Å². The highest BCUT2D eigenvalue weighted by atomic mass is 16.4. The van der Waals surface area contributed by atoms with Crippen molar-refractivity contribution in [3.8, 4) is 0 Å². The zero-order valence-electron chi connectivity index (χ0n) is 14.7. The fourth-order valence-electron chi connectivity index (χ4n) is 3.32. The van der Waals surface area contributed by atoms with Crippen LogP contribution in [0.1, 0.15) is 24.0 Å². The third kappa shape index (κ3) is 5.17. The van der Waals surface area contributed by atoms with Crippen molar-refractivity contribution >= 4 is 17.6 Å². The van der Waals surface area contributed by atoms with Crippen molar-refractivity contribution in [1.82, 2.24) is 4.90 Å². The molecule has 0 saturated carbocycles. The van der Waals surface area contributed by atoms with Crippen molar-refractivity contribution in [3.63, 3.8) is 0 Å². The Morgan fingerprint density at radius 3 is 2.23 bits per heavy atom. The second kappa shape index (κ2) is 8.63. The Morgan fingerprint density at radius 1 is 0.962 bits per heavy atom. The molecule has 136 valence electrons. The number of benzene rings is 2. The number of amides is 1. The Kier molecular flexibility index (Phi) is 6.02. The van der Waals surface area contributed by atoms with E-state index in [9.17, 15) is 9.59 Å². The SMILES string of the molecule is O=C(O)Cc1ccc(NC(=O)C2CCN(Cc3ccccc3)CC2)cc1. The lowest BCUT2D eigenvalue weighted by Crippen LogP contribution is -2.37. The number of carboxylic acids is 1. The fourth-order valence-corrected chi connectivity index (χ4v) is 3.32. The largest absolute Gasteiger partial charge is 0.481 e. The molecule has 1 fully saturated rings. The monoisotopic (exact) mass is 352 g/mol. The van der Waals surface area contributed by atoms with E-state index in [0.717, 1.165) is 43.7 Å². The molecule has 0 radical (unpaired) electrons. The van der Waals surface area contributed by atoms with Crippen molar-refractivity contribution < 1.29 is 14.7 Å². The molecule has 0 spiro atoms. The number of hydrogen-bond donors (Lipinski definition) is 2. The summed E-state index contributed by atoms with van der Waals surface area (Å²) in [6, 6.07) is 17.4. The van der Waals surface area contributed by atoms with Crippen LogP contribution in [0.15, 0.2) is 54.6 Å². The minimum absolute atomic E-state index is 0.00585. The molecule has 2 aromatic rings. The topological polar surface area (TPSA) is 69.6 Å². The maximum Gasteiger partial charge on any atom is 0.307 e. The first-order chi connectivity index (χ1) is 12.6. The van der Waals surface area contributed by atoms with Gasteiger partial charge in [-0.15, -0.1) is 0 Å². The summed E-state index contributed by atoms with van der Waals surface area (Å²) in [4.78, 5) is 25.6. The number of aliphatic carboxylic acids is 1. The molecule has 1 aliphatic rings. The van der Waals surface area contributed by atoms with Crippen LogP contribution < -0.4 is 5.32 Å². The first kappa shape index (κ1) is 18.1. The van der Waals surface area contributed by atoms with E-state index >= 15 is 0 Å². The molecule has 0 bridgehead atoms. The van der Waals surface area contributed by atoms with E-state index in [4.69, 9.17) is 5.11 Å². The Hall–Kier alpha value is -2.66. The first-order valence-electron chi connectivity index (χ1n) is 8.98. The van der Waals surface area contributed by atoms with Gasteiger partial charge >= 0.3 is 5.97 Å². The van der Waals surface area contributed by atoms with Crippen LogP contribution >= 0.6 is 0 Å². The molecule has 0 unspecified atom stereocenters. The average molecular weight is 352 g/mol. The summed E-state index contributed by atoms with van der Waals surface area (Å²) in [5, 5.41) is 11.7. The van der Waals surface area contributed by atoms with E-state index in [2.05, 4.69) is 34.5 Å². The summed E-state index contributed by atoms with van der Waals surface area (Å²) in [6.07, 6.45) is 1.71. The average Bonchev–Trinajstić information content (AvgIpc) is 2.64. The molecule has 0 aliphatic carbocycles. The molecule has 5 nitrogen and oxygen atoms in total. The van der Waals surface area contributed by atoms with Crippen molar-refractivity contribution in [2.45, 2.75) is 25.8 Å². The van der Waals surface area contributed by atoms with Gasteiger partial charge in [0.25, 0.3) is 0 Å². The molecule has 3 rings (SSSR count). The van der Waals surface area contributed by atoms with Gasteiger partial charge in [0, 0.05) is 18.2 Å². The van der Waals surface area contributed by atoms with Gasteiger partial charge in [-0.2, -0.15) is 0 Å². The van der Waals surface area contributed by atoms with Crippen LogP contribution in [0.4, 0.5) is 5.69 Å². The summed E-state index contributed by atoms with van der Waals surface area (Å²) in [7, 11) is 0. The molecule has 5 heteroatoms. The molecule has 2 N–H and O–H groups in total. The molecule has 1 aliphatic heterocycles. The van der Waals surface area contributed by atoms with Crippen molar-refractivity contribution in [2.24, 2.45) is 5.92 Å².